The predicted octanol–water partition coefficient (Wildman–Crippen LogP) is 1.83. The minimum absolute atomic E-state index is 0.377. The van der Waals surface area contributed by atoms with Crippen LogP contribution in [0.15, 0.2) is 18.2 Å². The lowest BCUT2D eigenvalue weighted by Crippen LogP contribution is -2.43. The molecule has 1 aliphatic rings. The van der Waals surface area contributed by atoms with Gasteiger partial charge in [-0.3, -0.25) is 4.90 Å². The molecule has 2 heterocycles. The van der Waals surface area contributed by atoms with Gasteiger partial charge in [-0.25, -0.2) is 9.78 Å². The summed E-state index contributed by atoms with van der Waals surface area (Å²) >= 11 is 0. The van der Waals surface area contributed by atoms with Gasteiger partial charge in [-0.1, -0.05) is 19.4 Å². The number of carbonyl (C=O) groups is 1. The maximum absolute atomic E-state index is 11.5. The molecule has 1 saturated heterocycles. The number of methoxy groups -OCH3 is 1. The molecule has 1 aliphatic heterocycles. The molecule has 0 aromatic carbocycles. The lowest BCUT2D eigenvalue weighted by atomic mass is 10.0. The minimum atomic E-state index is -0.381. The fourth-order valence-electron chi connectivity index (χ4n) is 2.71. The summed E-state index contributed by atoms with van der Waals surface area (Å²) in [5.74, 6) is -0.381. The van der Waals surface area contributed by atoms with Crippen molar-refractivity contribution in [1.29, 1.82) is 0 Å². The van der Waals surface area contributed by atoms with Crippen LogP contribution in [-0.2, 0) is 11.3 Å². The molecule has 0 saturated carbocycles. The third kappa shape index (κ3) is 4.79. The van der Waals surface area contributed by atoms with Crippen molar-refractivity contribution in [2.75, 3.05) is 26.7 Å². The van der Waals surface area contributed by atoms with Gasteiger partial charge in [0, 0.05) is 19.1 Å². The van der Waals surface area contributed by atoms with E-state index in [1.807, 2.05) is 12.1 Å². The van der Waals surface area contributed by atoms with Crippen molar-refractivity contribution < 1.29 is 9.53 Å². The Morgan fingerprint density at radius 1 is 1.48 bits per heavy atom. The predicted molar refractivity (Wildman–Crippen MR) is 82.2 cm³/mol. The number of rotatable bonds is 6. The maximum Gasteiger partial charge on any atom is 0.356 e. The van der Waals surface area contributed by atoms with Crippen LogP contribution in [-0.4, -0.2) is 48.6 Å². The van der Waals surface area contributed by atoms with E-state index in [0.29, 0.717) is 11.7 Å². The number of nitrogens with one attached hydrogen (secondary N) is 1. The highest BCUT2D eigenvalue weighted by molar-refractivity contribution is 5.87. The molecule has 1 unspecified atom stereocenters. The van der Waals surface area contributed by atoms with Crippen LogP contribution in [0.5, 0.6) is 0 Å². The Labute approximate surface area is 126 Å². The van der Waals surface area contributed by atoms with E-state index in [0.717, 1.165) is 31.9 Å². The first kappa shape index (κ1) is 15.9. The fraction of sp³-hybridized carbons (Fsp3) is 0.625. The van der Waals surface area contributed by atoms with Gasteiger partial charge in [0.05, 0.1) is 12.8 Å². The van der Waals surface area contributed by atoms with Crippen molar-refractivity contribution in [2.24, 2.45) is 0 Å². The van der Waals surface area contributed by atoms with E-state index in [2.05, 4.69) is 22.1 Å². The number of esters is 1. The van der Waals surface area contributed by atoms with E-state index >= 15 is 0 Å². The lowest BCUT2D eigenvalue weighted by Gasteiger charge is -2.29. The number of pyridine rings is 1. The van der Waals surface area contributed by atoms with Crippen molar-refractivity contribution in [2.45, 2.75) is 38.8 Å². The number of piperidine rings is 1. The molecule has 21 heavy (non-hydrogen) atoms. The number of nitrogens with zero attached hydrogens (tertiary/aromatic N) is 2. The Morgan fingerprint density at radius 3 is 3.00 bits per heavy atom. The van der Waals surface area contributed by atoms with Crippen LogP contribution in [0.2, 0.25) is 0 Å². The first-order valence-corrected chi connectivity index (χ1v) is 7.73. The van der Waals surface area contributed by atoms with E-state index in [4.69, 9.17) is 4.74 Å². The Hall–Kier alpha value is -1.46. The van der Waals surface area contributed by atoms with Crippen LogP contribution in [0.25, 0.3) is 0 Å². The Bertz CT molecular complexity index is 459. The van der Waals surface area contributed by atoms with Crippen molar-refractivity contribution in [3.05, 3.63) is 29.6 Å². The molecule has 0 amide bonds. The molecule has 1 atom stereocenters. The summed E-state index contributed by atoms with van der Waals surface area (Å²) in [6, 6.07) is 6.08. The SMILES string of the molecule is CCN(Cc1cccc(C(=O)OC)n1)CC1CCCCN1. The Balaban J connectivity index is 1.95. The number of aromatic nitrogens is 1. The maximum atomic E-state index is 11.5. The second kappa shape index (κ2) is 8.10. The molecule has 1 aromatic rings. The first-order chi connectivity index (χ1) is 10.2. The molecule has 1 N–H and O–H groups in total. The van der Waals surface area contributed by atoms with Gasteiger partial charge in [-0.2, -0.15) is 0 Å². The van der Waals surface area contributed by atoms with E-state index in [1.165, 1.54) is 26.4 Å². The second-order valence-corrected chi connectivity index (χ2v) is 5.48. The number of carbonyl (C=O) groups excluding carboxylic acids is 1. The quantitative estimate of drug-likeness (QED) is 0.810. The van der Waals surface area contributed by atoms with Gasteiger partial charge in [-0.05, 0) is 38.1 Å². The Kier molecular flexibility index (Phi) is 6.14. The number of hydrogen-bond donors (Lipinski definition) is 1. The van der Waals surface area contributed by atoms with Crippen LogP contribution in [0.3, 0.4) is 0 Å². The summed E-state index contributed by atoms with van der Waals surface area (Å²) in [7, 11) is 1.38. The van der Waals surface area contributed by atoms with Gasteiger partial charge >= 0.3 is 5.97 Å². The summed E-state index contributed by atoms with van der Waals surface area (Å²) in [6.45, 7) is 6.05. The molecule has 116 valence electrons. The minimum Gasteiger partial charge on any atom is -0.464 e. The largest absolute Gasteiger partial charge is 0.464 e. The molecule has 0 radical (unpaired) electrons. The van der Waals surface area contributed by atoms with Crippen molar-refractivity contribution in [1.82, 2.24) is 15.2 Å². The van der Waals surface area contributed by atoms with Crippen LogP contribution >= 0.6 is 0 Å². The zero-order valence-corrected chi connectivity index (χ0v) is 13.0. The van der Waals surface area contributed by atoms with E-state index < -0.39 is 0 Å². The average Bonchev–Trinajstić information content (AvgIpc) is 2.54. The molecule has 2 rings (SSSR count). The molecule has 0 bridgehead atoms. The number of hydrogen-bond acceptors (Lipinski definition) is 5. The van der Waals surface area contributed by atoms with Crippen LogP contribution in [0.1, 0.15) is 42.4 Å². The molecule has 1 aromatic heterocycles. The summed E-state index contributed by atoms with van der Waals surface area (Å²) in [5.41, 5.74) is 1.29. The van der Waals surface area contributed by atoms with Gasteiger partial charge in [0.2, 0.25) is 0 Å². The topological polar surface area (TPSA) is 54.5 Å². The summed E-state index contributed by atoms with van der Waals surface area (Å²) < 4.78 is 4.72. The summed E-state index contributed by atoms with van der Waals surface area (Å²) in [5, 5.41) is 3.57. The highest BCUT2D eigenvalue weighted by atomic mass is 16.5. The van der Waals surface area contributed by atoms with E-state index in [1.54, 1.807) is 6.07 Å². The van der Waals surface area contributed by atoms with Crippen LogP contribution in [0, 0.1) is 0 Å². The van der Waals surface area contributed by atoms with Crippen molar-refractivity contribution in [3.8, 4) is 0 Å². The average molecular weight is 291 g/mol. The normalized spacial score (nSPS) is 18.7. The molecular formula is C16H25N3O2. The van der Waals surface area contributed by atoms with E-state index in [-0.39, 0.29) is 5.97 Å². The van der Waals surface area contributed by atoms with Crippen molar-refractivity contribution >= 4 is 5.97 Å². The number of likely N-dealkylation sites (N-methyl/N-ethyl adjacent to an activating group) is 1. The smallest absolute Gasteiger partial charge is 0.356 e. The Morgan fingerprint density at radius 2 is 2.33 bits per heavy atom. The van der Waals surface area contributed by atoms with Gasteiger partial charge in [-0.15, -0.1) is 0 Å². The highest BCUT2D eigenvalue weighted by Gasteiger charge is 2.16. The third-order valence-electron chi connectivity index (χ3n) is 3.93. The van der Waals surface area contributed by atoms with Gasteiger partial charge in [0.25, 0.3) is 0 Å². The summed E-state index contributed by atoms with van der Waals surface area (Å²) in [4.78, 5) is 18.3. The molecule has 1 fully saturated rings. The monoisotopic (exact) mass is 291 g/mol. The summed E-state index contributed by atoms with van der Waals surface area (Å²) in [6.07, 6.45) is 3.84. The molecule has 0 aliphatic carbocycles. The zero-order chi connectivity index (χ0) is 15.1. The highest BCUT2D eigenvalue weighted by Crippen LogP contribution is 2.11. The fourth-order valence-corrected chi connectivity index (χ4v) is 2.71. The molecule has 5 heteroatoms. The second-order valence-electron chi connectivity index (χ2n) is 5.48. The first-order valence-electron chi connectivity index (χ1n) is 7.73. The van der Waals surface area contributed by atoms with Crippen molar-refractivity contribution in [3.63, 3.8) is 0 Å². The molecule has 0 spiro atoms. The standard InChI is InChI=1S/C16H25N3O2/c1-3-19(11-13-7-4-5-10-17-13)12-14-8-6-9-15(18-14)16(20)21-2/h6,8-9,13,17H,3-5,7,10-12H2,1-2H3. The zero-order valence-electron chi connectivity index (χ0n) is 13.0. The molecular weight excluding hydrogens is 266 g/mol. The molecule has 5 nitrogen and oxygen atoms in total. The van der Waals surface area contributed by atoms with Gasteiger partial charge < -0.3 is 10.1 Å². The van der Waals surface area contributed by atoms with E-state index in [9.17, 15) is 4.79 Å². The lowest BCUT2D eigenvalue weighted by molar-refractivity contribution is 0.0593. The third-order valence-corrected chi connectivity index (χ3v) is 3.93. The van der Waals surface area contributed by atoms with Gasteiger partial charge in [0.15, 0.2) is 0 Å². The van der Waals surface area contributed by atoms with Crippen LogP contribution in [0.4, 0.5) is 0 Å². The van der Waals surface area contributed by atoms with Gasteiger partial charge in [0.1, 0.15) is 5.69 Å². The van der Waals surface area contributed by atoms with Crippen LogP contribution < -0.4 is 5.32 Å². The number of ether oxygens (including phenoxy) is 1.